The smallest absolute Gasteiger partial charge is 0.229 e. The zero-order valence-corrected chi connectivity index (χ0v) is 16.2. The molecule has 2 N–H and O–H groups in total. The van der Waals surface area contributed by atoms with Crippen molar-refractivity contribution in [3.8, 4) is 0 Å². The van der Waals surface area contributed by atoms with Crippen LogP contribution in [-0.2, 0) is 19.4 Å². The number of hydrogen-bond donors (Lipinski definition) is 2. The average Bonchev–Trinajstić information content (AvgIpc) is 2.52. The molecule has 2 rings (SSSR count). The van der Waals surface area contributed by atoms with E-state index in [9.17, 15) is 13.2 Å². The van der Waals surface area contributed by atoms with Crippen molar-refractivity contribution in [1.82, 2.24) is 0 Å². The molecule has 0 spiro atoms. The molecule has 1 aliphatic heterocycles. The van der Waals surface area contributed by atoms with Gasteiger partial charge in [-0.1, -0.05) is 20.8 Å². The summed E-state index contributed by atoms with van der Waals surface area (Å²) in [6, 6.07) is 4.80. The minimum atomic E-state index is -3.34. The van der Waals surface area contributed by atoms with Gasteiger partial charge in [0, 0.05) is 31.4 Å². The standard InChI is InChI=1S/C18H28N2O4S/c1-18(2,3)17(21)20-16-11-14(25(4,22)23)5-6-15(16)19-12-13-7-9-24-10-8-13/h5-6,11,13,19H,7-10,12H2,1-4H3,(H,20,21). The monoisotopic (exact) mass is 368 g/mol. The zero-order valence-electron chi connectivity index (χ0n) is 15.4. The Morgan fingerprint density at radius 1 is 1.20 bits per heavy atom. The van der Waals surface area contributed by atoms with Gasteiger partial charge in [-0.25, -0.2) is 8.42 Å². The Bertz CT molecular complexity index is 717. The van der Waals surface area contributed by atoms with Crippen LogP contribution in [0.15, 0.2) is 23.1 Å². The second-order valence-electron chi connectivity index (χ2n) is 7.62. The number of hydrogen-bond acceptors (Lipinski definition) is 5. The van der Waals surface area contributed by atoms with E-state index >= 15 is 0 Å². The minimum absolute atomic E-state index is 0.160. The molecule has 1 heterocycles. The average molecular weight is 368 g/mol. The third kappa shape index (κ3) is 5.71. The number of amides is 1. The second kappa shape index (κ2) is 7.74. The van der Waals surface area contributed by atoms with E-state index in [-0.39, 0.29) is 10.8 Å². The normalized spacial score (nSPS) is 16.5. The maximum atomic E-state index is 12.3. The Balaban J connectivity index is 2.22. The van der Waals surface area contributed by atoms with Crippen molar-refractivity contribution in [3.63, 3.8) is 0 Å². The molecule has 6 nitrogen and oxygen atoms in total. The molecule has 1 aromatic rings. The fourth-order valence-corrected chi connectivity index (χ4v) is 3.17. The maximum absolute atomic E-state index is 12.3. The molecule has 1 aromatic carbocycles. The number of benzene rings is 1. The van der Waals surface area contributed by atoms with Crippen LogP contribution in [-0.4, -0.2) is 40.3 Å². The third-order valence-electron chi connectivity index (χ3n) is 4.27. The fraction of sp³-hybridized carbons (Fsp3) is 0.611. The van der Waals surface area contributed by atoms with Crippen molar-refractivity contribution < 1.29 is 17.9 Å². The van der Waals surface area contributed by atoms with E-state index in [4.69, 9.17) is 4.74 Å². The summed E-state index contributed by atoms with van der Waals surface area (Å²) in [7, 11) is -3.34. The number of rotatable bonds is 5. The number of carbonyl (C=O) groups is 1. The molecule has 1 fully saturated rings. The molecule has 25 heavy (non-hydrogen) atoms. The summed E-state index contributed by atoms with van der Waals surface area (Å²) in [5, 5.41) is 6.21. The summed E-state index contributed by atoms with van der Waals surface area (Å²) in [4.78, 5) is 12.5. The summed E-state index contributed by atoms with van der Waals surface area (Å²) in [5.41, 5.74) is 0.658. The largest absolute Gasteiger partial charge is 0.383 e. The summed E-state index contributed by atoms with van der Waals surface area (Å²) in [6.07, 6.45) is 3.16. The predicted octanol–water partition coefficient (Wildman–Crippen LogP) is 2.91. The molecule has 0 atom stereocenters. The summed E-state index contributed by atoms with van der Waals surface area (Å²) >= 11 is 0. The highest BCUT2D eigenvalue weighted by molar-refractivity contribution is 7.90. The van der Waals surface area contributed by atoms with Gasteiger partial charge in [0.15, 0.2) is 9.84 Å². The number of ether oxygens (including phenoxy) is 1. The molecular weight excluding hydrogens is 340 g/mol. The van der Waals surface area contributed by atoms with Gasteiger partial charge in [-0.15, -0.1) is 0 Å². The van der Waals surface area contributed by atoms with E-state index in [1.54, 1.807) is 12.1 Å². The zero-order chi connectivity index (χ0) is 18.7. The Hall–Kier alpha value is -1.60. The van der Waals surface area contributed by atoms with Gasteiger partial charge in [-0.2, -0.15) is 0 Å². The van der Waals surface area contributed by atoms with Crippen LogP contribution < -0.4 is 10.6 Å². The molecule has 0 unspecified atom stereocenters. The van der Waals surface area contributed by atoms with E-state index < -0.39 is 15.3 Å². The summed E-state index contributed by atoms with van der Waals surface area (Å²) in [6.45, 7) is 7.76. The molecule has 0 bridgehead atoms. The van der Waals surface area contributed by atoms with Gasteiger partial charge < -0.3 is 15.4 Å². The number of nitrogens with one attached hydrogen (secondary N) is 2. The van der Waals surface area contributed by atoms with Crippen molar-refractivity contribution in [2.24, 2.45) is 11.3 Å². The van der Waals surface area contributed by atoms with Crippen LogP contribution in [0, 0.1) is 11.3 Å². The first kappa shape index (κ1) is 19.7. The van der Waals surface area contributed by atoms with Crippen LogP contribution in [0.3, 0.4) is 0 Å². The van der Waals surface area contributed by atoms with Gasteiger partial charge in [0.05, 0.1) is 16.3 Å². The highest BCUT2D eigenvalue weighted by atomic mass is 32.2. The van der Waals surface area contributed by atoms with E-state index in [1.807, 2.05) is 20.8 Å². The molecule has 1 aliphatic rings. The Morgan fingerprint density at radius 2 is 1.84 bits per heavy atom. The number of carbonyl (C=O) groups excluding carboxylic acids is 1. The van der Waals surface area contributed by atoms with Gasteiger partial charge >= 0.3 is 0 Å². The highest BCUT2D eigenvalue weighted by Crippen LogP contribution is 2.28. The van der Waals surface area contributed by atoms with Gasteiger partial charge in [-0.05, 0) is 37.0 Å². The first-order valence-electron chi connectivity index (χ1n) is 8.54. The van der Waals surface area contributed by atoms with Crippen LogP contribution in [0.25, 0.3) is 0 Å². The molecule has 140 valence electrons. The lowest BCUT2D eigenvalue weighted by Gasteiger charge is -2.24. The summed E-state index contributed by atoms with van der Waals surface area (Å²) in [5.74, 6) is 0.349. The quantitative estimate of drug-likeness (QED) is 0.835. The lowest BCUT2D eigenvalue weighted by atomic mass is 9.95. The first-order chi connectivity index (χ1) is 11.6. The van der Waals surface area contributed by atoms with Crippen LogP contribution in [0.1, 0.15) is 33.6 Å². The Morgan fingerprint density at radius 3 is 2.40 bits per heavy atom. The van der Waals surface area contributed by atoms with Crippen LogP contribution in [0.5, 0.6) is 0 Å². The number of sulfone groups is 1. The van der Waals surface area contributed by atoms with E-state index in [1.165, 1.54) is 6.07 Å². The minimum Gasteiger partial charge on any atom is -0.383 e. The fourth-order valence-electron chi connectivity index (χ4n) is 2.53. The van der Waals surface area contributed by atoms with Gasteiger partial charge in [-0.3, -0.25) is 4.79 Å². The third-order valence-corrected chi connectivity index (χ3v) is 5.38. The number of anilines is 2. The van der Waals surface area contributed by atoms with Crippen molar-refractivity contribution in [2.45, 2.75) is 38.5 Å². The molecule has 7 heteroatoms. The Kier molecular flexibility index (Phi) is 6.11. The van der Waals surface area contributed by atoms with Crippen LogP contribution in [0.4, 0.5) is 11.4 Å². The van der Waals surface area contributed by atoms with Crippen LogP contribution in [0.2, 0.25) is 0 Å². The molecule has 0 aliphatic carbocycles. The lowest BCUT2D eigenvalue weighted by molar-refractivity contribution is -0.123. The molecule has 0 saturated carbocycles. The summed E-state index contributed by atoms with van der Waals surface area (Å²) < 4.78 is 29.0. The Labute approximate surface area is 150 Å². The van der Waals surface area contributed by atoms with Gasteiger partial charge in [0.2, 0.25) is 5.91 Å². The molecule has 0 radical (unpaired) electrons. The van der Waals surface area contributed by atoms with E-state index in [2.05, 4.69) is 10.6 Å². The van der Waals surface area contributed by atoms with Crippen molar-refractivity contribution in [1.29, 1.82) is 0 Å². The lowest BCUT2D eigenvalue weighted by Crippen LogP contribution is -2.28. The second-order valence-corrected chi connectivity index (χ2v) is 9.64. The highest BCUT2D eigenvalue weighted by Gasteiger charge is 2.23. The van der Waals surface area contributed by atoms with Crippen molar-refractivity contribution in [2.75, 3.05) is 36.6 Å². The van der Waals surface area contributed by atoms with Crippen molar-refractivity contribution in [3.05, 3.63) is 18.2 Å². The molecule has 1 amide bonds. The molecular formula is C18H28N2O4S. The SMILES string of the molecule is CC(C)(C)C(=O)Nc1cc(S(C)(=O)=O)ccc1NCC1CCOCC1. The van der Waals surface area contributed by atoms with Crippen LogP contribution >= 0.6 is 0 Å². The van der Waals surface area contributed by atoms with E-state index in [0.29, 0.717) is 11.6 Å². The van der Waals surface area contributed by atoms with Gasteiger partial charge in [0.25, 0.3) is 0 Å². The maximum Gasteiger partial charge on any atom is 0.229 e. The van der Waals surface area contributed by atoms with E-state index in [0.717, 1.165) is 44.5 Å². The first-order valence-corrected chi connectivity index (χ1v) is 10.4. The van der Waals surface area contributed by atoms with Gasteiger partial charge in [0.1, 0.15) is 0 Å². The topological polar surface area (TPSA) is 84.5 Å². The van der Waals surface area contributed by atoms with Crippen molar-refractivity contribution >= 4 is 27.1 Å². The predicted molar refractivity (Wildman–Crippen MR) is 99.7 cm³/mol. The molecule has 1 saturated heterocycles. The molecule has 0 aromatic heterocycles.